The Labute approximate surface area is 209 Å². The van der Waals surface area contributed by atoms with Gasteiger partial charge in [-0.3, -0.25) is 0 Å². The Hall–Kier alpha value is -0.943. The Morgan fingerprint density at radius 2 is 1.56 bits per heavy atom. The maximum absolute atomic E-state index is 7.50. The SMILES string of the molecule is CC(C)[C@H]1CC2(O[Si](C(C)C)(C(C)C)C(C)C)OC23C=CC[C@H](OCc2ccccc2)C[C@]13C. The summed E-state index contributed by atoms with van der Waals surface area (Å²) >= 11 is 0. The summed E-state index contributed by atoms with van der Waals surface area (Å²) in [5.41, 5.74) is 2.55. The summed E-state index contributed by atoms with van der Waals surface area (Å²) in [7, 11) is -2.08. The van der Waals surface area contributed by atoms with E-state index in [1.165, 1.54) is 5.56 Å². The minimum Gasteiger partial charge on any atom is -0.387 e. The van der Waals surface area contributed by atoms with Crippen molar-refractivity contribution in [3.63, 3.8) is 0 Å². The van der Waals surface area contributed by atoms with Crippen LogP contribution >= 0.6 is 0 Å². The summed E-state index contributed by atoms with van der Waals surface area (Å²) in [6.07, 6.45) is 7.87. The van der Waals surface area contributed by atoms with Gasteiger partial charge in [0.2, 0.25) is 8.32 Å². The molecule has 1 heterocycles. The maximum Gasteiger partial charge on any atom is 0.204 e. The molecule has 1 saturated carbocycles. The number of benzene rings is 1. The predicted molar refractivity (Wildman–Crippen MR) is 143 cm³/mol. The molecule has 5 atom stereocenters. The topological polar surface area (TPSA) is 31.0 Å². The molecule has 4 heteroatoms. The zero-order chi connectivity index (χ0) is 24.9. The van der Waals surface area contributed by atoms with Crippen molar-refractivity contribution in [3.8, 4) is 0 Å². The zero-order valence-corrected chi connectivity index (χ0v) is 24.1. The van der Waals surface area contributed by atoms with Gasteiger partial charge in [0.25, 0.3) is 0 Å². The Balaban J connectivity index is 1.64. The van der Waals surface area contributed by atoms with Crippen LogP contribution in [0.5, 0.6) is 0 Å². The molecule has 4 rings (SSSR count). The van der Waals surface area contributed by atoms with Crippen LogP contribution in [-0.2, 0) is 20.5 Å². The molecule has 3 nitrogen and oxygen atoms in total. The fourth-order valence-electron chi connectivity index (χ4n) is 8.03. The van der Waals surface area contributed by atoms with Crippen LogP contribution in [0.3, 0.4) is 0 Å². The van der Waals surface area contributed by atoms with Gasteiger partial charge in [0, 0.05) is 11.8 Å². The third-order valence-electron chi connectivity index (χ3n) is 9.59. The number of hydrogen-bond donors (Lipinski definition) is 0. The van der Waals surface area contributed by atoms with Gasteiger partial charge in [-0.15, -0.1) is 0 Å². The molecule has 34 heavy (non-hydrogen) atoms. The van der Waals surface area contributed by atoms with Gasteiger partial charge in [-0.1, -0.05) is 105 Å². The first-order valence-electron chi connectivity index (χ1n) is 13.7. The Kier molecular flexibility index (Phi) is 7.05. The molecular formula is C30H48O3Si. The van der Waals surface area contributed by atoms with E-state index in [2.05, 4.69) is 105 Å². The first-order chi connectivity index (χ1) is 15.9. The number of ether oxygens (including phenoxy) is 2. The van der Waals surface area contributed by atoms with Crippen molar-refractivity contribution >= 4 is 8.32 Å². The summed E-state index contributed by atoms with van der Waals surface area (Å²) in [5, 5.41) is 0. The summed E-state index contributed by atoms with van der Waals surface area (Å²) in [4.78, 5) is 0. The van der Waals surface area contributed by atoms with Gasteiger partial charge in [-0.2, -0.15) is 0 Å². The van der Waals surface area contributed by atoms with Crippen LogP contribution in [0.1, 0.15) is 87.1 Å². The Morgan fingerprint density at radius 3 is 2.12 bits per heavy atom. The molecule has 1 aromatic carbocycles. The van der Waals surface area contributed by atoms with Gasteiger partial charge in [0.15, 0.2) is 5.79 Å². The quantitative estimate of drug-likeness (QED) is 0.201. The minimum atomic E-state index is -2.08. The van der Waals surface area contributed by atoms with Gasteiger partial charge in [0.05, 0.1) is 12.7 Å². The molecule has 0 N–H and O–H groups in total. The third kappa shape index (κ3) is 3.88. The lowest BCUT2D eigenvalue weighted by Gasteiger charge is -2.44. The fourth-order valence-corrected chi connectivity index (χ4v) is 13.6. The molecule has 1 aromatic rings. The molecule has 1 spiro atoms. The molecule has 0 amide bonds. The van der Waals surface area contributed by atoms with E-state index < -0.39 is 14.1 Å². The fraction of sp³-hybridized carbons (Fsp3) is 0.733. The van der Waals surface area contributed by atoms with Gasteiger partial charge >= 0.3 is 0 Å². The molecule has 1 saturated heterocycles. The highest BCUT2D eigenvalue weighted by molar-refractivity contribution is 6.77. The van der Waals surface area contributed by atoms with Crippen molar-refractivity contribution in [2.24, 2.45) is 17.3 Å². The molecule has 0 aromatic heterocycles. The smallest absolute Gasteiger partial charge is 0.204 e. The first-order valence-corrected chi connectivity index (χ1v) is 15.8. The molecular weight excluding hydrogens is 436 g/mol. The van der Waals surface area contributed by atoms with Crippen LogP contribution in [0, 0.1) is 17.3 Å². The Morgan fingerprint density at radius 1 is 0.941 bits per heavy atom. The standard InChI is InChI=1S/C30H48O3Si/c1-21(2)27-19-30(33-34(22(3)4,23(5)6)24(7)8)29(32-30)17-13-16-26(18-28(27,29)9)31-20-25-14-11-10-12-15-25/h10-15,17,21-24,26-27H,16,18-20H2,1-9H3/t26-,27+,28+,29?,30?/m0/s1. The molecule has 3 aliphatic rings. The summed E-state index contributed by atoms with van der Waals surface area (Å²) in [6.45, 7) is 22.2. The van der Waals surface area contributed by atoms with E-state index in [9.17, 15) is 0 Å². The van der Waals surface area contributed by atoms with Crippen molar-refractivity contribution in [2.45, 2.75) is 122 Å². The molecule has 190 valence electrons. The molecule has 2 aliphatic carbocycles. The van der Waals surface area contributed by atoms with Gasteiger partial charge in [-0.25, -0.2) is 0 Å². The molecule has 1 aliphatic heterocycles. The summed E-state index contributed by atoms with van der Waals surface area (Å²) in [6, 6.07) is 10.5. The molecule has 0 radical (unpaired) electrons. The highest BCUT2D eigenvalue weighted by atomic mass is 28.4. The van der Waals surface area contributed by atoms with E-state index in [0.29, 0.717) is 35.1 Å². The molecule has 0 bridgehead atoms. The van der Waals surface area contributed by atoms with Gasteiger partial charge in [0.1, 0.15) is 5.60 Å². The first kappa shape index (κ1) is 26.1. The average molecular weight is 485 g/mol. The van der Waals surface area contributed by atoms with Crippen LogP contribution in [0.15, 0.2) is 42.5 Å². The van der Waals surface area contributed by atoms with E-state index >= 15 is 0 Å². The lowest BCUT2D eigenvalue weighted by atomic mass is 9.66. The van der Waals surface area contributed by atoms with Crippen molar-refractivity contribution in [1.82, 2.24) is 0 Å². The second-order valence-corrected chi connectivity index (χ2v) is 18.1. The maximum atomic E-state index is 7.50. The molecule has 2 fully saturated rings. The van der Waals surface area contributed by atoms with E-state index in [4.69, 9.17) is 13.9 Å². The van der Waals surface area contributed by atoms with Gasteiger partial charge < -0.3 is 13.9 Å². The predicted octanol–water partition coefficient (Wildman–Crippen LogP) is 8.26. The van der Waals surface area contributed by atoms with Crippen molar-refractivity contribution in [3.05, 3.63) is 48.0 Å². The third-order valence-corrected chi connectivity index (χ3v) is 15.7. The highest BCUT2D eigenvalue weighted by Gasteiger charge is 2.85. The van der Waals surface area contributed by atoms with E-state index in [1.54, 1.807) is 0 Å². The lowest BCUT2D eigenvalue weighted by Crippen LogP contribution is -2.52. The van der Waals surface area contributed by atoms with Crippen molar-refractivity contribution in [1.29, 1.82) is 0 Å². The normalized spacial score (nSPS) is 35.2. The van der Waals surface area contributed by atoms with Crippen LogP contribution < -0.4 is 0 Å². The summed E-state index contributed by atoms with van der Waals surface area (Å²) < 4.78 is 20.9. The monoisotopic (exact) mass is 484 g/mol. The average Bonchev–Trinajstić information content (AvgIpc) is 3.40. The summed E-state index contributed by atoms with van der Waals surface area (Å²) in [5.74, 6) is 0.658. The number of hydrogen-bond acceptors (Lipinski definition) is 3. The van der Waals surface area contributed by atoms with Crippen LogP contribution in [-0.4, -0.2) is 25.8 Å². The lowest BCUT2D eigenvalue weighted by molar-refractivity contribution is -0.0492. The van der Waals surface area contributed by atoms with Crippen molar-refractivity contribution < 1.29 is 13.9 Å². The number of epoxide rings is 1. The van der Waals surface area contributed by atoms with E-state index in [1.807, 2.05) is 0 Å². The second kappa shape index (κ2) is 9.17. The van der Waals surface area contributed by atoms with E-state index in [0.717, 1.165) is 19.3 Å². The van der Waals surface area contributed by atoms with Crippen LogP contribution in [0.25, 0.3) is 0 Å². The minimum absolute atomic E-state index is 0.000595. The largest absolute Gasteiger partial charge is 0.387 e. The van der Waals surface area contributed by atoms with Gasteiger partial charge in [-0.05, 0) is 46.9 Å². The van der Waals surface area contributed by atoms with Crippen LogP contribution in [0.2, 0.25) is 16.6 Å². The Bertz CT molecular complexity index is 857. The van der Waals surface area contributed by atoms with Crippen LogP contribution in [0.4, 0.5) is 0 Å². The number of rotatable bonds is 9. The second-order valence-electron chi connectivity index (χ2n) is 12.7. The molecule has 2 unspecified atom stereocenters. The highest BCUT2D eigenvalue weighted by Crippen LogP contribution is 2.76. The van der Waals surface area contributed by atoms with E-state index in [-0.39, 0.29) is 17.1 Å². The zero-order valence-electron chi connectivity index (χ0n) is 23.1. The van der Waals surface area contributed by atoms with Crippen molar-refractivity contribution in [2.75, 3.05) is 0 Å².